The third-order valence-corrected chi connectivity index (χ3v) is 8.08. The van der Waals surface area contributed by atoms with Gasteiger partial charge in [-0.15, -0.1) is 13.2 Å². The molecule has 13 heteroatoms. The molecule has 0 aromatic heterocycles. The van der Waals surface area contributed by atoms with Crippen LogP contribution in [0.25, 0.3) is 0 Å². The number of fused-ring (bicyclic) bond motifs is 3. The van der Waals surface area contributed by atoms with Crippen LogP contribution in [-0.4, -0.2) is 65.8 Å². The molecule has 5 rings (SSSR count). The van der Waals surface area contributed by atoms with Crippen molar-refractivity contribution in [2.75, 3.05) is 13.2 Å². The zero-order valence-electron chi connectivity index (χ0n) is 19.3. The Labute approximate surface area is 216 Å². The van der Waals surface area contributed by atoms with Crippen LogP contribution in [0.15, 0.2) is 18.2 Å². The molecule has 1 aromatic rings. The fourth-order valence-electron chi connectivity index (χ4n) is 5.38. The summed E-state index contributed by atoms with van der Waals surface area (Å²) in [6, 6.07) is 4.04. The molecule has 4 N–H and O–H groups in total. The smallest absolute Gasteiger partial charge is 0.484 e. The monoisotopic (exact) mass is 553 g/mol. The fourth-order valence-corrected chi connectivity index (χ4v) is 5.67. The van der Waals surface area contributed by atoms with E-state index in [9.17, 15) is 27.9 Å². The van der Waals surface area contributed by atoms with Crippen molar-refractivity contribution < 1.29 is 37.3 Å². The van der Waals surface area contributed by atoms with Crippen LogP contribution in [0.4, 0.5) is 13.2 Å². The molecule has 4 fully saturated rings. The first kappa shape index (κ1) is 27.3. The summed E-state index contributed by atoms with van der Waals surface area (Å²) < 4.78 is 46.7. The third kappa shape index (κ3) is 6.36. The molecule has 3 aliphatic carbocycles. The summed E-state index contributed by atoms with van der Waals surface area (Å²) in [5.41, 5.74) is -1.43. The number of carbonyl (C=O) groups is 2. The van der Waals surface area contributed by atoms with Crippen LogP contribution in [-0.2, 0) is 14.3 Å². The minimum Gasteiger partial charge on any atom is -0.484 e. The van der Waals surface area contributed by atoms with Gasteiger partial charge in [-0.3, -0.25) is 14.3 Å². The largest absolute Gasteiger partial charge is 0.522 e. The highest BCUT2D eigenvalue weighted by Crippen LogP contribution is 2.47. The van der Waals surface area contributed by atoms with E-state index in [1.165, 1.54) is 6.07 Å². The number of hydrogen-bond acceptors (Lipinski definition) is 6. The topological polar surface area (TPSA) is 109 Å². The van der Waals surface area contributed by atoms with Gasteiger partial charge in [0.15, 0.2) is 6.61 Å². The summed E-state index contributed by atoms with van der Waals surface area (Å²) in [7, 11) is 0. The minimum atomic E-state index is -4.71. The van der Waals surface area contributed by atoms with Gasteiger partial charge >= 0.3 is 6.36 Å². The summed E-state index contributed by atoms with van der Waals surface area (Å²) in [5, 5.41) is 20.4. The van der Waals surface area contributed by atoms with Gasteiger partial charge in [-0.05, 0) is 57.1 Å². The van der Waals surface area contributed by atoms with Crippen LogP contribution in [0.1, 0.15) is 44.9 Å². The number of nitrogens with one attached hydrogen (secondary N) is 3. The second-order valence-electron chi connectivity index (χ2n) is 9.78. The molecular weight excluding hydrogens is 526 g/mol. The van der Waals surface area contributed by atoms with Crippen LogP contribution in [0, 0.1) is 0 Å². The van der Waals surface area contributed by atoms with E-state index in [1.54, 1.807) is 12.1 Å². The predicted molar refractivity (Wildman–Crippen MR) is 125 cm³/mol. The maximum Gasteiger partial charge on any atom is 0.522 e. The van der Waals surface area contributed by atoms with Gasteiger partial charge in [0.2, 0.25) is 5.91 Å². The first-order chi connectivity index (χ1) is 16.9. The summed E-state index contributed by atoms with van der Waals surface area (Å²) in [6.45, 7) is -0.340. The van der Waals surface area contributed by atoms with Crippen molar-refractivity contribution in [2.24, 2.45) is 0 Å². The first-order valence-electron chi connectivity index (χ1n) is 11.8. The fraction of sp³-hybridized carbons (Fsp3) is 0.652. The molecule has 1 aromatic carbocycles. The number of hydrogen-bond donors (Lipinski definition) is 4. The minimum absolute atomic E-state index is 0.0767. The van der Waals surface area contributed by atoms with Gasteiger partial charge in [-0.25, -0.2) is 0 Å². The van der Waals surface area contributed by atoms with Crippen molar-refractivity contribution in [3.05, 3.63) is 28.2 Å². The van der Waals surface area contributed by atoms with Gasteiger partial charge < -0.3 is 25.8 Å². The molecule has 0 spiro atoms. The van der Waals surface area contributed by atoms with Crippen molar-refractivity contribution in [1.82, 2.24) is 16.0 Å². The van der Waals surface area contributed by atoms with E-state index in [2.05, 4.69) is 20.7 Å². The lowest BCUT2D eigenvalue weighted by molar-refractivity contribution is -0.343. The van der Waals surface area contributed by atoms with Gasteiger partial charge in [-0.1, -0.05) is 23.2 Å². The van der Waals surface area contributed by atoms with E-state index in [4.69, 9.17) is 27.9 Å². The van der Waals surface area contributed by atoms with Crippen LogP contribution in [0.2, 0.25) is 10.0 Å². The Kier molecular flexibility index (Phi) is 7.97. The molecule has 0 radical (unpaired) electrons. The molecule has 1 saturated heterocycles. The Morgan fingerprint density at radius 1 is 1.11 bits per heavy atom. The molecule has 8 nitrogen and oxygen atoms in total. The van der Waals surface area contributed by atoms with Crippen LogP contribution in [0.5, 0.6) is 5.75 Å². The van der Waals surface area contributed by atoms with Crippen molar-refractivity contribution >= 4 is 35.0 Å². The molecule has 3 atom stereocenters. The maximum atomic E-state index is 12.8. The predicted octanol–water partition coefficient (Wildman–Crippen LogP) is 3.08. The first-order valence-corrected chi connectivity index (χ1v) is 12.5. The number of alkyl halides is 3. The Balaban J connectivity index is 1.26. The summed E-state index contributed by atoms with van der Waals surface area (Å²) in [6.07, 6.45) is -3.99. The second kappa shape index (κ2) is 10.5. The highest BCUT2D eigenvalue weighted by molar-refractivity contribution is 6.42. The zero-order chi connectivity index (χ0) is 26.1. The number of ether oxygens (including phenoxy) is 2. The van der Waals surface area contributed by atoms with Crippen molar-refractivity contribution in [3.8, 4) is 5.75 Å². The van der Waals surface area contributed by atoms with Gasteiger partial charge in [0.05, 0.1) is 33.8 Å². The van der Waals surface area contributed by atoms with Crippen LogP contribution >= 0.6 is 23.2 Å². The van der Waals surface area contributed by atoms with Gasteiger partial charge in [0, 0.05) is 18.2 Å². The molecule has 4 aliphatic rings. The van der Waals surface area contributed by atoms with E-state index >= 15 is 0 Å². The maximum absolute atomic E-state index is 12.8. The molecule has 2 bridgehead atoms. The number of benzene rings is 1. The summed E-state index contributed by atoms with van der Waals surface area (Å²) >= 11 is 11.8. The standard InChI is InChI=1S/C23H28Cl2F3N3O5/c24-15-3-1-13(9-16(15)25)35-12-19(33)30-22-7-5-21(6-8-22,10-18(22)32)31-20(34)17-4-2-14(11-29-17)36-23(26,27)28/h1,3,9,14,17-18,29,32H,2,4-8,10-12H2,(H,30,33)(H,31,34)/t14?,17?,18-,21?,22?/m0/s1. The number of carbonyl (C=O) groups excluding carboxylic acids is 2. The van der Waals surface area contributed by atoms with Gasteiger partial charge in [-0.2, -0.15) is 0 Å². The molecule has 1 aliphatic heterocycles. The lowest BCUT2D eigenvalue weighted by Gasteiger charge is -2.56. The van der Waals surface area contributed by atoms with Crippen molar-refractivity contribution in [2.45, 2.75) is 80.6 Å². The molecule has 200 valence electrons. The molecule has 36 heavy (non-hydrogen) atoms. The molecule has 3 saturated carbocycles. The summed E-state index contributed by atoms with van der Waals surface area (Å²) in [4.78, 5) is 25.4. The summed E-state index contributed by atoms with van der Waals surface area (Å²) in [5.74, 6) is -0.305. The highest BCUT2D eigenvalue weighted by Gasteiger charge is 2.55. The number of rotatable bonds is 7. The van der Waals surface area contributed by atoms with Gasteiger partial charge in [0.1, 0.15) is 5.75 Å². The SMILES string of the molecule is O=C(COc1ccc(Cl)c(Cl)c1)NC12CCC(NC(=O)C3CCC(OC(F)(F)F)CN3)(CC1)C[C@@H]2O. The van der Waals surface area contributed by atoms with Crippen molar-refractivity contribution in [1.29, 1.82) is 0 Å². The average molecular weight is 554 g/mol. The lowest BCUT2D eigenvalue weighted by atomic mass is 9.59. The third-order valence-electron chi connectivity index (χ3n) is 7.35. The molecule has 2 amide bonds. The number of aliphatic hydroxyl groups excluding tert-OH is 1. The van der Waals surface area contributed by atoms with Crippen molar-refractivity contribution in [3.63, 3.8) is 0 Å². The van der Waals surface area contributed by atoms with Crippen LogP contribution < -0.4 is 20.7 Å². The van der Waals surface area contributed by atoms with E-state index in [-0.39, 0.29) is 44.2 Å². The average Bonchev–Trinajstić information content (AvgIpc) is 2.80. The normalized spacial score (nSPS) is 32.1. The number of halogens is 5. The Morgan fingerprint density at radius 2 is 1.83 bits per heavy atom. The number of aliphatic hydroxyl groups is 1. The number of piperidine rings is 1. The lowest BCUT2D eigenvalue weighted by Crippen LogP contribution is -2.71. The molecule has 2 unspecified atom stereocenters. The Hall–Kier alpha value is -1.79. The Morgan fingerprint density at radius 3 is 2.42 bits per heavy atom. The van der Waals surface area contributed by atoms with E-state index in [0.717, 1.165) is 0 Å². The Bertz CT molecular complexity index is 980. The quantitative estimate of drug-likeness (QED) is 0.413. The highest BCUT2D eigenvalue weighted by atomic mass is 35.5. The molecule has 1 heterocycles. The second-order valence-corrected chi connectivity index (χ2v) is 10.6. The van der Waals surface area contributed by atoms with E-state index < -0.39 is 35.7 Å². The van der Waals surface area contributed by atoms with Gasteiger partial charge in [0.25, 0.3) is 5.91 Å². The number of amides is 2. The van der Waals surface area contributed by atoms with E-state index in [1.807, 2.05) is 0 Å². The van der Waals surface area contributed by atoms with E-state index in [0.29, 0.717) is 41.5 Å². The zero-order valence-corrected chi connectivity index (χ0v) is 20.8. The molecular formula is C23H28Cl2F3N3O5. The van der Waals surface area contributed by atoms with Crippen LogP contribution in [0.3, 0.4) is 0 Å².